The standard InChI is InChI=1S/C13H14F2N2O/c14-12-3-2-11(10-13(12)15)17-7-5-16(6-8-17)4-1-9-18/h1-4,9-10H,5-8H2. The van der Waals surface area contributed by atoms with E-state index in [1.165, 1.54) is 12.1 Å². The fourth-order valence-electron chi connectivity index (χ4n) is 1.97. The molecular formula is C13H14F2N2O. The van der Waals surface area contributed by atoms with Crippen LogP contribution in [0, 0.1) is 11.6 Å². The van der Waals surface area contributed by atoms with Crippen molar-refractivity contribution < 1.29 is 13.6 Å². The third kappa shape index (κ3) is 2.85. The number of rotatable bonds is 3. The van der Waals surface area contributed by atoms with Crippen molar-refractivity contribution in [1.82, 2.24) is 4.90 Å². The monoisotopic (exact) mass is 252 g/mol. The molecule has 96 valence electrons. The third-order valence-corrected chi connectivity index (χ3v) is 2.96. The minimum absolute atomic E-state index is 0.688. The highest BCUT2D eigenvalue weighted by molar-refractivity contribution is 5.64. The number of nitrogens with zero attached hydrogens (tertiary/aromatic N) is 2. The van der Waals surface area contributed by atoms with Crippen LogP contribution in [0.3, 0.4) is 0 Å². The first-order valence-electron chi connectivity index (χ1n) is 5.77. The van der Waals surface area contributed by atoms with Gasteiger partial charge in [-0.25, -0.2) is 8.78 Å². The second-order valence-electron chi connectivity index (χ2n) is 4.10. The summed E-state index contributed by atoms with van der Waals surface area (Å²) < 4.78 is 25.9. The lowest BCUT2D eigenvalue weighted by Gasteiger charge is -2.35. The van der Waals surface area contributed by atoms with Crippen molar-refractivity contribution in [3.05, 3.63) is 42.1 Å². The number of hydrogen-bond donors (Lipinski definition) is 0. The molecule has 1 aliphatic rings. The highest BCUT2D eigenvalue weighted by Gasteiger charge is 2.15. The minimum Gasteiger partial charge on any atom is -0.374 e. The van der Waals surface area contributed by atoms with E-state index in [9.17, 15) is 13.6 Å². The Bertz CT molecular complexity index is 454. The molecule has 1 aromatic carbocycles. The Morgan fingerprint density at radius 1 is 1.06 bits per heavy atom. The van der Waals surface area contributed by atoms with Crippen LogP contribution in [-0.4, -0.2) is 37.4 Å². The van der Waals surface area contributed by atoms with Gasteiger partial charge in [-0.15, -0.1) is 0 Å². The number of carbonyl (C=O) groups is 1. The molecule has 0 radical (unpaired) electrons. The van der Waals surface area contributed by atoms with Crippen LogP contribution in [0.5, 0.6) is 0 Å². The highest BCUT2D eigenvalue weighted by atomic mass is 19.2. The first kappa shape index (κ1) is 12.5. The van der Waals surface area contributed by atoms with Crippen LogP contribution in [0.15, 0.2) is 30.5 Å². The number of anilines is 1. The van der Waals surface area contributed by atoms with Gasteiger partial charge in [-0.3, -0.25) is 4.79 Å². The number of hydrogen-bond acceptors (Lipinski definition) is 3. The van der Waals surface area contributed by atoms with Crippen molar-refractivity contribution in [2.75, 3.05) is 31.1 Å². The van der Waals surface area contributed by atoms with Gasteiger partial charge in [0.2, 0.25) is 0 Å². The molecule has 0 saturated carbocycles. The predicted molar refractivity (Wildman–Crippen MR) is 65.3 cm³/mol. The average Bonchev–Trinajstić information content (AvgIpc) is 2.40. The van der Waals surface area contributed by atoms with Crippen molar-refractivity contribution in [2.45, 2.75) is 0 Å². The number of piperazine rings is 1. The number of halogens is 2. The molecule has 0 unspecified atom stereocenters. The molecule has 3 nitrogen and oxygen atoms in total. The van der Waals surface area contributed by atoms with Crippen LogP contribution in [0.1, 0.15) is 0 Å². The van der Waals surface area contributed by atoms with Crippen molar-refractivity contribution in [3.63, 3.8) is 0 Å². The van der Waals surface area contributed by atoms with E-state index < -0.39 is 11.6 Å². The molecule has 0 aromatic heterocycles. The predicted octanol–water partition coefficient (Wildman–Crippen LogP) is 1.80. The summed E-state index contributed by atoms with van der Waals surface area (Å²) in [6, 6.07) is 3.94. The van der Waals surface area contributed by atoms with Crippen LogP contribution in [-0.2, 0) is 4.79 Å². The lowest BCUT2D eigenvalue weighted by atomic mass is 10.2. The summed E-state index contributed by atoms with van der Waals surface area (Å²) in [7, 11) is 0. The van der Waals surface area contributed by atoms with Crippen LogP contribution in [0.2, 0.25) is 0 Å². The molecular weight excluding hydrogens is 238 g/mol. The molecule has 2 rings (SSSR count). The zero-order chi connectivity index (χ0) is 13.0. The van der Waals surface area contributed by atoms with Crippen LogP contribution in [0.25, 0.3) is 0 Å². The summed E-state index contributed by atoms with van der Waals surface area (Å²) in [5, 5.41) is 0. The lowest BCUT2D eigenvalue weighted by molar-refractivity contribution is -0.104. The van der Waals surface area contributed by atoms with E-state index in [1.54, 1.807) is 12.3 Å². The second-order valence-corrected chi connectivity index (χ2v) is 4.10. The van der Waals surface area contributed by atoms with Crippen molar-refractivity contribution in [1.29, 1.82) is 0 Å². The molecule has 0 amide bonds. The fourth-order valence-corrected chi connectivity index (χ4v) is 1.97. The van der Waals surface area contributed by atoms with Crippen molar-refractivity contribution in [3.8, 4) is 0 Å². The van der Waals surface area contributed by atoms with Gasteiger partial charge in [-0.1, -0.05) is 0 Å². The van der Waals surface area contributed by atoms with Crippen LogP contribution >= 0.6 is 0 Å². The zero-order valence-electron chi connectivity index (χ0n) is 9.85. The van der Waals surface area contributed by atoms with Gasteiger partial charge in [-0.2, -0.15) is 0 Å². The Morgan fingerprint density at radius 3 is 2.39 bits per heavy atom. The summed E-state index contributed by atoms with van der Waals surface area (Å²) in [6.45, 7) is 2.94. The molecule has 1 fully saturated rings. The van der Waals surface area contributed by atoms with E-state index in [4.69, 9.17) is 0 Å². The van der Waals surface area contributed by atoms with E-state index in [1.807, 2.05) is 9.80 Å². The number of benzene rings is 1. The Hall–Kier alpha value is -1.91. The van der Waals surface area contributed by atoms with Gasteiger partial charge in [0.1, 0.15) is 6.29 Å². The molecule has 1 heterocycles. The first-order chi connectivity index (χ1) is 8.70. The quantitative estimate of drug-likeness (QED) is 0.605. The summed E-state index contributed by atoms with van der Waals surface area (Å²) in [5.74, 6) is -1.65. The molecule has 1 saturated heterocycles. The minimum atomic E-state index is -0.827. The topological polar surface area (TPSA) is 23.6 Å². The van der Waals surface area contributed by atoms with Gasteiger partial charge in [0.25, 0.3) is 0 Å². The summed E-state index contributed by atoms with van der Waals surface area (Å²) in [6.07, 6.45) is 3.94. The summed E-state index contributed by atoms with van der Waals surface area (Å²) >= 11 is 0. The average molecular weight is 252 g/mol. The van der Waals surface area contributed by atoms with Gasteiger partial charge in [0.05, 0.1) is 0 Å². The van der Waals surface area contributed by atoms with Crippen molar-refractivity contribution >= 4 is 12.0 Å². The Morgan fingerprint density at radius 2 is 1.78 bits per heavy atom. The molecule has 5 heteroatoms. The lowest BCUT2D eigenvalue weighted by Crippen LogP contribution is -2.44. The maximum Gasteiger partial charge on any atom is 0.160 e. The van der Waals surface area contributed by atoms with Gasteiger partial charge in [0, 0.05) is 44.1 Å². The maximum atomic E-state index is 13.1. The van der Waals surface area contributed by atoms with E-state index in [-0.39, 0.29) is 0 Å². The summed E-state index contributed by atoms with van der Waals surface area (Å²) in [4.78, 5) is 14.2. The second kappa shape index (κ2) is 5.62. The largest absolute Gasteiger partial charge is 0.374 e. The molecule has 1 aromatic rings. The maximum absolute atomic E-state index is 13.1. The summed E-state index contributed by atoms with van der Waals surface area (Å²) in [5.41, 5.74) is 0.688. The Labute approximate surface area is 104 Å². The van der Waals surface area contributed by atoms with Crippen LogP contribution < -0.4 is 4.90 Å². The molecule has 0 N–H and O–H groups in total. The SMILES string of the molecule is O=CC=CN1CCN(c2ccc(F)c(F)c2)CC1. The molecule has 0 bridgehead atoms. The van der Waals surface area contributed by atoms with E-state index in [0.717, 1.165) is 25.4 Å². The first-order valence-corrected chi connectivity index (χ1v) is 5.77. The molecule has 0 aliphatic carbocycles. The zero-order valence-corrected chi connectivity index (χ0v) is 9.85. The van der Waals surface area contributed by atoms with E-state index in [2.05, 4.69) is 0 Å². The van der Waals surface area contributed by atoms with Gasteiger partial charge in [0.15, 0.2) is 11.6 Å². The molecule has 0 atom stereocenters. The number of allylic oxidation sites excluding steroid dienone is 1. The van der Waals surface area contributed by atoms with Gasteiger partial charge in [-0.05, 0) is 18.2 Å². The Kier molecular flexibility index (Phi) is 3.92. The normalized spacial score (nSPS) is 16.3. The highest BCUT2D eigenvalue weighted by Crippen LogP contribution is 2.19. The van der Waals surface area contributed by atoms with Crippen LogP contribution in [0.4, 0.5) is 14.5 Å². The van der Waals surface area contributed by atoms with E-state index in [0.29, 0.717) is 18.8 Å². The molecule has 1 aliphatic heterocycles. The van der Waals surface area contributed by atoms with Crippen molar-refractivity contribution in [2.24, 2.45) is 0 Å². The Balaban J connectivity index is 1.98. The molecule has 18 heavy (non-hydrogen) atoms. The fraction of sp³-hybridized carbons (Fsp3) is 0.308. The molecule has 0 spiro atoms. The van der Waals surface area contributed by atoms with Gasteiger partial charge >= 0.3 is 0 Å². The van der Waals surface area contributed by atoms with Gasteiger partial charge < -0.3 is 9.80 Å². The van der Waals surface area contributed by atoms with E-state index >= 15 is 0 Å². The number of carbonyl (C=O) groups excluding carboxylic acids is 1. The smallest absolute Gasteiger partial charge is 0.160 e. The third-order valence-electron chi connectivity index (χ3n) is 2.96. The number of aldehydes is 1.